The van der Waals surface area contributed by atoms with Gasteiger partial charge in [-0.25, -0.2) is 4.98 Å². The lowest BCUT2D eigenvalue weighted by Crippen LogP contribution is -2.27. The number of imidazole rings is 1. The van der Waals surface area contributed by atoms with Gasteiger partial charge in [-0.3, -0.25) is 35.7 Å². The Morgan fingerprint density at radius 1 is 1.21 bits per heavy atom. The van der Waals surface area contributed by atoms with Gasteiger partial charge in [-0.05, 0) is 37.5 Å². The zero-order chi connectivity index (χ0) is 25.0. The minimum absolute atomic E-state index is 0.00699. The molecular formula is C21H25FN8O4. The first-order valence-electron chi connectivity index (χ1n) is 10.6. The molecule has 34 heavy (non-hydrogen) atoms. The van der Waals surface area contributed by atoms with Crippen molar-refractivity contribution in [2.45, 2.75) is 33.6 Å². The number of aromatic nitrogens is 2. The average molecular weight is 472 g/mol. The number of nitro benzene ring substituents is 2. The molecule has 1 aliphatic rings. The number of H-pyrrole nitrogens is 1. The molecule has 2 aromatic carbocycles. The second-order valence-electron chi connectivity index (χ2n) is 7.52. The summed E-state index contributed by atoms with van der Waals surface area (Å²) in [5.74, 6) is 0. The third kappa shape index (κ3) is 4.87. The summed E-state index contributed by atoms with van der Waals surface area (Å²) in [6.07, 6.45) is 2.21. The molecule has 12 nitrogen and oxygen atoms in total. The predicted molar refractivity (Wildman–Crippen MR) is 127 cm³/mol. The van der Waals surface area contributed by atoms with Crippen LogP contribution in [0.3, 0.4) is 0 Å². The molecule has 1 aliphatic heterocycles. The summed E-state index contributed by atoms with van der Waals surface area (Å²) < 4.78 is 13.2. The number of aromatic amines is 1. The predicted octanol–water partition coefficient (Wildman–Crippen LogP) is 3.89. The normalized spacial score (nSPS) is 12.5. The van der Waals surface area contributed by atoms with Crippen LogP contribution in [0.5, 0.6) is 0 Å². The molecule has 4 N–H and O–H groups in total. The van der Waals surface area contributed by atoms with Gasteiger partial charge in [0.25, 0.3) is 11.8 Å². The molecule has 0 amide bonds. The molecule has 0 saturated carbocycles. The van der Waals surface area contributed by atoms with Crippen LogP contribution in [-0.4, -0.2) is 44.3 Å². The summed E-state index contributed by atoms with van der Waals surface area (Å²) in [6.45, 7) is 6.80. The van der Waals surface area contributed by atoms with Crippen LogP contribution in [0.4, 0.5) is 27.1 Å². The minimum Gasteiger partial charge on any atom is -0.393 e. The van der Waals surface area contributed by atoms with Crippen LogP contribution in [0.2, 0.25) is 0 Å². The third-order valence-corrected chi connectivity index (χ3v) is 5.40. The Hall–Kier alpha value is -4.29. The van der Waals surface area contributed by atoms with Gasteiger partial charge in [0.15, 0.2) is 0 Å². The van der Waals surface area contributed by atoms with Crippen LogP contribution in [0.25, 0.3) is 11.0 Å². The van der Waals surface area contributed by atoms with Crippen molar-refractivity contribution >= 4 is 40.1 Å². The number of aryl methyl sites for hydroxylation is 2. The summed E-state index contributed by atoms with van der Waals surface area (Å²) in [7, 11) is 0. The maximum absolute atomic E-state index is 13.2. The second kappa shape index (κ2) is 10.1. The lowest BCUT2D eigenvalue weighted by atomic mass is 10.0. The zero-order valence-electron chi connectivity index (χ0n) is 19.0. The van der Waals surface area contributed by atoms with Crippen LogP contribution in [0, 0.1) is 33.2 Å². The number of fused-ring (bicyclic) bond motifs is 1. The molecule has 0 bridgehead atoms. The van der Waals surface area contributed by atoms with E-state index in [-0.39, 0.29) is 29.0 Å². The highest BCUT2D eigenvalue weighted by atomic mass is 19.1. The third-order valence-electron chi connectivity index (χ3n) is 5.40. The van der Waals surface area contributed by atoms with Crippen molar-refractivity contribution in [3.05, 3.63) is 61.2 Å². The summed E-state index contributed by atoms with van der Waals surface area (Å²) in [6, 6.07) is 5.03. The first-order chi connectivity index (χ1) is 16.2. The van der Waals surface area contributed by atoms with E-state index in [1.165, 1.54) is 13.0 Å². The molecule has 2 heterocycles. The summed E-state index contributed by atoms with van der Waals surface area (Å²) >= 11 is 0. The molecule has 0 aliphatic carbocycles. The molecule has 0 saturated heterocycles. The maximum atomic E-state index is 13.2. The molecule has 0 spiro atoms. The van der Waals surface area contributed by atoms with Crippen molar-refractivity contribution in [1.29, 1.82) is 0 Å². The van der Waals surface area contributed by atoms with Gasteiger partial charge in [0, 0.05) is 11.6 Å². The smallest absolute Gasteiger partial charge is 0.302 e. The van der Waals surface area contributed by atoms with Crippen molar-refractivity contribution in [2.24, 2.45) is 4.99 Å². The van der Waals surface area contributed by atoms with Crippen molar-refractivity contribution in [2.75, 3.05) is 24.2 Å². The Balaban J connectivity index is 0.000000192. The zero-order valence-corrected chi connectivity index (χ0v) is 19.0. The Morgan fingerprint density at radius 2 is 1.91 bits per heavy atom. The number of nitro groups is 2. The molecule has 0 atom stereocenters. The number of nitrogens with two attached hydrogens (primary N) is 1. The van der Waals surface area contributed by atoms with E-state index in [1.807, 2.05) is 24.1 Å². The molecule has 0 radical (unpaired) electrons. The first-order valence-corrected chi connectivity index (χ1v) is 10.6. The van der Waals surface area contributed by atoms with Gasteiger partial charge in [0.1, 0.15) is 17.6 Å². The fourth-order valence-corrected chi connectivity index (χ4v) is 3.74. The Morgan fingerprint density at radius 3 is 2.47 bits per heavy atom. The van der Waals surface area contributed by atoms with E-state index in [1.54, 1.807) is 13.3 Å². The van der Waals surface area contributed by atoms with Gasteiger partial charge in [-0.2, -0.15) is 4.39 Å². The van der Waals surface area contributed by atoms with E-state index in [0.717, 1.165) is 36.3 Å². The highest BCUT2D eigenvalue weighted by Gasteiger charge is 2.28. The van der Waals surface area contributed by atoms with E-state index in [9.17, 15) is 24.6 Å². The summed E-state index contributed by atoms with van der Waals surface area (Å²) in [4.78, 5) is 30.9. The Labute approximate surface area is 194 Å². The highest BCUT2D eigenvalue weighted by Crippen LogP contribution is 2.36. The van der Waals surface area contributed by atoms with Crippen molar-refractivity contribution in [3.8, 4) is 0 Å². The molecule has 0 fully saturated rings. The van der Waals surface area contributed by atoms with Crippen LogP contribution in [0.1, 0.15) is 30.5 Å². The van der Waals surface area contributed by atoms with Crippen LogP contribution in [-0.2, 0) is 12.8 Å². The number of halogens is 1. The van der Waals surface area contributed by atoms with Crippen LogP contribution >= 0.6 is 0 Å². The minimum atomic E-state index is -0.672. The number of hydrogen-bond acceptors (Lipinski definition) is 9. The first kappa shape index (κ1) is 24.4. The largest absolute Gasteiger partial charge is 0.393 e. The van der Waals surface area contributed by atoms with Crippen molar-refractivity contribution < 1.29 is 14.2 Å². The van der Waals surface area contributed by atoms with E-state index >= 15 is 0 Å². The van der Waals surface area contributed by atoms with Crippen molar-refractivity contribution in [3.63, 3.8) is 0 Å². The van der Waals surface area contributed by atoms with Gasteiger partial charge in [-0.1, -0.05) is 13.8 Å². The number of nitrogen functional groups attached to an aromatic ring is 1. The van der Waals surface area contributed by atoms with Gasteiger partial charge in [0.05, 0.1) is 39.7 Å². The number of benzene rings is 2. The van der Waals surface area contributed by atoms with Gasteiger partial charge in [0.2, 0.25) is 0 Å². The SMILES string of the molecule is CCc1c(NN2C=NCC2)ccc2[nH]c(F)nc12.CCc1c([N+](=O)[O-])cc(C)c(N)c1[N+](=O)[O-]. The lowest BCUT2D eigenvalue weighted by Gasteiger charge is -2.19. The Bertz CT molecular complexity index is 1270. The standard InChI is InChI=1S/C12H14FN5.C9H11N3O4/c1-2-8-9(17-18-6-5-14-7-18)3-4-10-11(8)16-12(13)15-10;1-3-6-7(11(13)14)4-5(2)8(10)9(6)12(15)16/h3-4,7,17H,2,5-6H2,1H3,(H,15,16);4H,3,10H2,1-2H3. The molecule has 1 aromatic heterocycles. The Kier molecular flexibility index (Phi) is 7.24. The molecule has 13 heteroatoms. The number of aliphatic imine (C=N–C) groups is 1. The maximum Gasteiger partial charge on any atom is 0.302 e. The molecule has 3 aromatic rings. The van der Waals surface area contributed by atoms with Gasteiger partial charge >= 0.3 is 5.69 Å². The number of anilines is 2. The number of rotatable bonds is 6. The van der Waals surface area contributed by atoms with E-state index < -0.39 is 15.9 Å². The fraction of sp³-hybridized carbons (Fsp3) is 0.333. The number of hydrogen-bond donors (Lipinski definition) is 3. The molecule has 180 valence electrons. The van der Waals surface area contributed by atoms with Crippen LogP contribution < -0.4 is 11.2 Å². The molecule has 0 unspecified atom stereocenters. The van der Waals surface area contributed by atoms with Gasteiger partial charge < -0.3 is 10.7 Å². The van der Waals surface area contributed by atoms with Gasteiger partial charge in [-0.15, -0.1) is 0 Å². The topological polar surface area (TPSA) is 169 Å². The number of nitrogens with zero attached hydrogens (tertiary/aromatic N) is 5. The van der Waals surface area contributed by atoms with Crippen LogP contribution in [0.15, 0.2) is 23.2 Å². The lowest BCUT2D eigenvalue weighted by molar-refractivity contribution is -0.395. The van der Waals surface area contributed by atoms with E-state index in [2.05, 4.69) is 20.4 Å². The summed E-state index contributed by atoms with van der Waals surface area (Å²) in [5.41, 5.74) is 12.0. The molecular weight excluding hydrogens is 447 g/mol. The highest BCUT2D eigenvalue weighted by molar-refractivity contribution is 5.84. The number of hydrazine groups is 1. The van der Waals surface area contributed by atoms with E-state index in [4.69, 9.17) is 5.73 Å². The van der Waals surface area contributed by atoms with Crippen molar-refractivity contribution in [1.82, 2.24) is 15.0 Å². The second-order valence-corrected chi connectivity index (χ2v) is 7.52. The van der Waals surface area contributed by atoms with E-state index in [0.29, 0.717) is 11.1 Å². The average Bonchev–Trinajstić information content (AvgIpc) is 3.43. The quantitative estimate of drug-likeness (QED) is 0.276. The fourth-order valence-electron chi connectivity index (χ4n) is 3.74. The number of nitrogens with one attached hydrogen (secondary N) is 2. The summed E-state index contributed by atoms with van der Waals surface area (Å²) in [5, 5.41) is 23.5. The molecule has 4 rings (SSSR count). The monoisotopic (exact) mass is 472 g/mol.